The van der Waals surface area contributed by atoms with Gasteiger partial charge < -0.3 is 19.8 Å². The maximum absolute atomic E-state index is 11.6. The molecule has 5 nitrogen and oxygen atoms in total. The Hall–Kier alpha value is -2.01. The molecule has 0 unspecified atom stereocenters. The highest BCUT2D eigenvalue weighted by atomic mass is 16.5. The largest absolute Gasteiger partial charge is 0.493 e. The summed E-state index contributed by atoms with van der Waals surface area (Å²) >= 11 is 0. The molecular formula is C16H22N2O3. The van der Waals surface area contributed by atoms with Crippen molar-refractivity contribution in [1.82, 2.24) is 10.6 Å². The second kappa shape index (κ2) is 7.13. The minimum Gasteiger partial charge on any atom is -0.493 e. The number of benzene rings is 1. The molecule has 2 aromatic rings. The van der Waals surface area contributed by atoms with Crippen LogP contribution in [-0.2, 0) is 11.3 Å². The number of carbonyl (C=O) groups is 1. The van der Waals surface area contributed by atoms with Crippen LogP contribution in [0.1, 0.15) is 19.6 Å². The molecule has 2 rings (SSSR count). The highest BCUT2D eigenvalue weighted by Crippen LogP contribution is 2.28. The van der Waals surface area contributed by atoms with E-state index in [1.54, 1.807) is 7.11 Å². The molecule has 1 heterocycles. The molecule has 0 saturated heterocycles. The molecule has 21 heavy (non-hydrogen) atoms. The number of furan rings is 1. The van der Waals surface area contributed by atoms with Crippen LogP contribution in [0.15, 0.2) is 28.7 Å². The fourth-order valence-corrected chi connectivity index (χ4v) is 2.02. The van der Waals surface area contributed by atoms with Crippen molar-refractivity contribution in [3.63, 3.8) is 0 Å². The summed E-state index contributed by atoms with van der Waals surface area (Å²) in [5.41, 5.74) is 0.737. The Balaban J connectivity index is 1.88. The number of ether oxygens (including phenoxy) is 1. The van der Waals surface area contributed by atoms with Gasteiger partial charge in [0.25, 0.3) is 0 Å². The number of fused-ring (bicyclic) bond motifs is 1. The first kappa shape index (κ1) is 15.4. The molecule has 114 valence electrons. The van der Waals surface area contributed by atoms with Gasteiger partial charge in [-0.15, -0.1) is 0 Å². The average Bonchev–Trinajstić information content (AvgIpc) is 2.87. The van der Waals surface area contributed by atoms with Crippen molar-refractivity contribution in [3.05, 3.63) is 30.0 Å². The van der Waals surface area contributed by atoms with Crippen molar-refractivity contribution in [2.45, 2.75) is 20.4 Å². The third kappa shape index (κ3) is 4.23. The van der Waals surface area contributed by atoms with Crippen LogP contribution in [-0.4, -0.2) is 26.1 Å². The SMILES string of the molecule is COc1cccc2cc(CNCC(=O)NCC(C)C)oc12. The van der Waals surface area contributed by atoms with E-state index in [2.05, 4.69) is 24.5 Å². The van der Waals surface area contributed by atoms with E-state index in [0.29, 0.717) is 24.8 Å². The molecule has 0 aliphatic rings. The summed E-state index contributed by atoms with van der Waals surface area (Å²) in [5, 5.41) is 6.93. The molecule has 0 spiro atoms. The van der Waals surface area contributed by atoms with Gasteiger partial charge in [0, 0.05) is 11.9 Å². The number of carbonyl (C=O) groups excluding carboxylic acids is 1. The predicted octanol–water partition coefficient (Wildman–Crippen LogP) is 2.30. The zero-order chi connectivity index (χ0) is 15.2. The van der Waals surface area contributed by atoms with Crippen molar-refractivity contribution in [3.8, 4) is 5.75 Å². The van der Waals surface area contributed by atoms with Gasteiger partial charge in [-0.05, 0) is 18.1 Å². The topological polar surface area (TPSA) is 63.5 Å². The smallest absolute Gasteiger partial charge is 0.233 e. The Kier molecular flexibility index (Phi) is 5.22. The molecule has 0 saturated carbocycles. The maximum atomic E-state index is 11.6. The Morgan fingerprint density at radius 1 is 1.38 bits per heavy atom. The lowest BCUT2D eigenvalue weighted by Gasteiger charge is -2.07. The highest BCUT2D eigenvalue weighted by Gasteiger charge is 2.09. The Labute approximate surface area is 124 Å². The molecule has 0 atom stereocenters. The molecule has 1 amide bonds. The third-order valence-corrected chi connectivity index (χ3v) is 3.07. The second-order valence-corrected chi connectivity index (χ2v) is 5.39. The number of methoxy groups -OCH3 is 1. The summed E-state index contributed by atoms with van der Waals surface area (Å²) in [6.45, 7) is 5.61. The lowest BCUT2D eigenvalue weighted by atomic mass is 10.2. The maximum Gasteiger partial charge on any atom is 0.233 e. The van der Waals surface area contributed by atoms with Crippen LogP contribution in [0.5, 0.6) is 5.75 Å². The normalized spacial score (nSPS) is 11.0. The van der Waals surface area contributed by atoms with E-state index in [-0.39, 0.29) is 12.5 Å². The van der Waals surface area contributed by atoms with Crippen molar-refractivity contribution in [2.24, 2.45) is 5.92 Å². The van der Waals surface area contributed by atoms with Crippen LogP contribution in [0.3, 0.4) is 0 Å². The lowest BCUT2D eigenvalue weighted by Crippen LogP contribution is -2.35. The Bertz CT molecular complexity index is 605. The first-order valence-corrected chi connectivity index (χ1v) is 7.13. The summed E-state index contributed by atoms with van der Waals surface area (Å²) in [6.07, 6.45) is 0. The number of amides is 1. The second-order valence-electron chi connectivity index (χ2n) is 5.39. The minimum absolute atomic E-state index is 0.00242. The fourth-order valence-electron chi connectivity index (χ4n) is 2.02. The van der Waals surface area contributed by atoms with E-state index in [9.17, 15) is 4.79 Å². The zero-order valence-corrected chi connectivity index (χ0v) is 12.7. The molecule has 0 radical (unpaired) electrons. The summed E-state index contributed by atoms with van der Waals surface area (Å²) in [5.74, 6) is 1.95. The zero-order valence-electron chi connectivity index (χ0n) is 12.7. The van der Waals surface area contributed by atoms with Crippen LogP contribution in [0, 0.1) is 5.92 Å². The summed E-state index contributed by atoms with van der Waals surface area (Å²) in [7, 11) is 1.62. The predicted molar refractivity (Wildman–Crippen MR) is 82.3 cm³/mol. The van der Waals surface area contributed by atoms with E-state index >= 15 is 0 Å². The first-order chi connectivity index (χ1) is 10.1. The number of para-hydroxylation sites is 1. The lowest BCUT2D eigenvalue weighted by molar-refractivity contribution is -0.120. The molecule has 5 heteroatoms. The molecular weight excluding hydrogens is 268 g/mol. The third-order valence-electron chi connectivity index (χ3n) is 3.07. The quantitative estimate of drug-likeness (QED) is 0.821. The summed E-state index contributed by atoms with van der Waals surface area (Å²) in [4.78, 5) is 11.6. The van der Waals surface area contributed by atoms with E-state index in [1.165, 1.54) is 0 Å². The number of rotatable bonds is 7. The van der Waals surface area contributed by atoms with Gasteiger partial charge in [0.05, 0.1) is 20.2 Å². The Morgan fingerprint density at radius 3 is 2.90 bits per heavy atom. The van der Waals surface area contributed by atoms with Crippen LogP contribution in [0.4, 0.5) is 0 Å². The molecule has 0 fully saturated rings. The monoisotopic (exact) mass is 290 g/mol. The number of hydrogen-bond acceptors (Lipinski definition) is 4. The van der Waals surface area contributed by atoms with Crippen molar-refractivity contribution in [2.75, 3.05) is 20.2 Å². The van der Waals surface area contributed by atoms with Gasteiger partial charge in [0.2, 0.25) is 5.91 Å². The van der Waals surface area contributed by atoms with E-state index < -0.39 is 0 Å². The van der Waals surface area contributed by atoms with Gasteiger partial charge in [-0.25, -0.2) is 0 Å². The standard InChI is InChI=1S/C16H22N2O3/c1-11(2)8-18-15(19)10-17-9-13-7-12-5-4-6-14(20-3)16(12)21-13/h4-7,11,17H,8-10H2,1-3H3,(H,18,19). The number of hydrogen-bond donors (Lipinski definition) is 2. The van der Waals surface area contributed by atoms with Gasteiger partial charge in [-0.3, -0.25) is 4.79 Å². The van der Waals surface area contributed by atoms with E-state index in [4.69, 9.17) is 9.15 Å². The summed E-state index contributed by atoms with van der Waals surface area (Å²) < 4.78 is 11.0. The van der Waals surface area contributed by atoms with Crippen LogP contribution in [0.2, 0.25) is 0 Å². The van der Waals surface area contributed by atoms with Crippen molar-refractivity contribution >= 4 is 16.9 Å². The van der Waals surface area contributed by atoms with Crippen molar-refractivity contribution < 1.29 is 13.9 Å². The van der Waals surface area contributed by atoms with Crippen LogP contribution >= 0.6 is 0 Å². The van der Waals surface area contributed by atoms with Gasteiger partial charge in [0.1, 0.15) is 5.76 Å². The van der Waals surface area contributed by atoms with Gasteiger partial charge in [-0.2, -0.15) is 0 Å². The molecule has 0 bridgehead atoms. The minimum atomic E-state index is -0.00242. The number of nitrogens with one attached hydrogen (secondary N) is 2. The summed E-state index contributed by atoms with van der Waals surface area (Å²) in [6, 6.07) is 7.72. The van der Waals surface area contributed by atoms with Crippen LogP contribution < -0.4 is 15.4 Å². The van der Waals surface area contributed by atoms with Crippen molar-refractivity contribution in [1.29, 1.82) is 0 Å². The van der Waals surface area contributed by atoms with Gasteiger partial charge in [-0.1, -0.05) is 26.0 Å². The molecule has 1 aromatic heterocycles. The van der Waals surface area contributed by atoms with Crippen LogP contribution in [0.25, 0.3) is 11.0 Å². The average molecular weight is 290 g/mol. The highest BCUT2D eigenvalue weighted by molar-refractivity contribution is 5.83. The molecule has 1 aromatic carbocycles. The van der Waals surface area contributed by atoms with E-state index in [0.717, 1.165) is 16.7 Å². The molecule has 0 aliphatic heterocycles. The first-order valence-electron chi connectivity index (χ1n) is 7.13. The Morgan fingerprint density at radius 2 is 2.19 bits per heavy atom. The van der Waals surface area contributed by atoms with Gasteiger partial charge in [0.15, 0.2) is 11.3 Å². The molecule has 0 aliphatic carbocycles. The van der Waals surface area contributed by atoms with E-state index in [1.807, 2.05) is 24.3 Å². The molecule has 2 N–H and O–H groups in total. The fraction of sp³-hybridized carbons (Fsp3) is 0.438. The van der Waals surface area contributed by atoms with Gasteiger partial charge >= 0.3 is 0 Å².